The van der Waals surface area contributed by atoms with Crippen molar-refractivity contribution in [2.45, 2.75) is 32.2 Å². The second-order valence-electron chi connectivity index (χ2n) is 4.74. The van der Waals surface area contributed by atoms with Crippen molar-refractivity contribution in [1.29, 1.82) is 0 Å². The highest BCUT2D eigenvalue weighted by atomic mass is 19.4. The van der Waals surface area contributed by atoms with Crippen LogP contribution in [0.4, 0.5) is 18.9 Å². The molecule has 1 aromatic rings. The Morgan fingerprint density at radius 3 is 2.50 bits per heavy atom. The normalized spacial score (nSPS) is 12.3. The summed E-state index contributed by atoms with van der Waals surface area (Å²) in [6.45, 7) is 4.36. The predicted octanol–water partition coefficient (Wildman–Crippen LogP) is 3.12. The Morgan fingerprint density at radius 1 is 1.28 bits per heavy atom. The molecular formula is C12H17F3N2O. The Balaban J connectivity index is 2.55. The van der Waals surface area contributed by atoms with E-state index in [9.17, 15) is 13.2 Å². The summed E-state index contributed by atoms with van der Waals surface area (Å²) in [5.41, 5.74) is 6.06. The summed E-state index contributed by atoms with van der Waals surface area (Å²) in [6, 6.07) is 5.73. The first-order valence-corrected chi connectivity index (χ1v) is 5.54. The molecule has 3 nitrogen and oxygen atoms in total. The largest absolute Gasteiger partial charge is 0.573 e. The minimum Gasteiger partial charge on any atom is -0.406 e. The summed E-state index contributed by atoms with van der Waals surface area (Å²) >= 11 is 0. The van der Waals surface area contributed by atoms with Crippen molar-refractivity contribution in [3.05, 3.63) is 24.3 Å². The summed E-state index contributed by atoms with van der Waals surface area (Å²) in [7, 11) is 0. The lowest BCUT2D eigenvalue weighted by molar-refractivity contribution is -0.274. The standard InChI is InChI=1S/C12H17F3N2O/c1-11(2,16)6-7-17-9-4-3-5-10(8-9)18-12(13,14)15/h3-5,8,17H,6-7,16H2,1-2H3. The number of hydrogen-bond acceptors (Lipinski definition) is 3. The zero-order valence-electron chi connectivity index (χ0n) is 10.3. The van der Waals surface area contributed by atoms with E-state index in [1.165, 1.54) is 18.2 Å². The summed E-state index contributed by atoms with van der Waals surface area (Å²) in [4.78, 5) is 0. The van der Waals surface area contributed by atoms with Crippen LogP contribution in [0, 0.1) is 0 Å². The molecular weight excluding hydrogens is 245 g/mol. The molecule has 0 unspecified atom stereocenters. The van der Waals surface area contributed by atoms with Crippen LogP contribution < -0.4 is 15.8 Å². The fourth-order valence-electron chi connectivity index (χ4n) is 1.33. The number of nitrogens with one attached hydrogen (secondary N) is 1. The van der Waals surface area contributed by atoms with E-state index in [0.717, 1.165) is 0 Å². The molecule has 0 heterocycles. The van der Waals surface area contributed by atoms with Crippen molar-refractivity contribution in [3.8, 4) is 5.75 Å². The molecule has 1 aromatic carbocycles. The maximum absolute atomic E-state index is 12.0. The van der Waals surface area contributed by atoms with E-state index in [2.05, 4.69) is 10.1 Å². The fraction of sp³-hybridized carbons (Fsp3) is 0.500. The number of hydrogen-bond donors (Lipinski definition) is 2. The maximum Gasteiger partial charge on any atom is 0.573 e. The van der Waals surface area contributed by atoms with Crippen LogP contribution in [-0.2, 0) is 0 Å². The topological polar surface area (TPSA) is 47.3 Å². The first-order valence-electron chi connectivity index (χ1n) is 5.54. The van der Waals surface area contributed by atoms with Crippen molar-refractivity contribution in [3.63, 3.8) is 0 Å². The monoisotopic (exact) mass is 262 g/mol. The van der Waals surface area contributed by atoms with Crippen LogP contribution in [0.1, 0.15) is 20.3 Å². The van der Waals surface area contributed by atoms with Gasteiger partial charge in [0.1, 0.15) is 5.75 Å². The molecule has 0 spiro atoms. The molecule has 0 aliphatic carbocycles. The molecule has 0 atom stereocenters. The van der Waals surface area contributed by atoms with Crippen LogP contribution in [-0.4, -0.2) is 18.4 Å². The lowest BCUT2D eigenvalue weighted by Gasteiger charge is -2.19. The summed E-state index contributed by atoms with van der Waals surface area (Å²) in [6.07, 6.45) is -3.96. The van der Waals surface area contributed by atoms with Crippen molar-refractivity contribution in [2.75, 3.05) is 11.9 Å². The van der Waals surface area contributed by atoms with E-state index in [-0.39, 0.29) is 11.3 Å². The molecule has 0 aliphatic rings. The van der Waals surface area contributed by atoms with Gasteiger partial charge in [-0.05, 0) is 32.4 Å². The number of rotatable bonds is 5. The van der Waals surface area contributed by atoms with Gasteiger partial charge < -0.3 is 15.8 Å². The third kappa shape index (κ3) is 6.34. The lowest BCUT2D eigenvalue weighted by atomic mass is 10.0. The average molecular weight is 262 g/mol. The molecule has 0 radical (unpaired) electrons. The Hall–Kier alpha value is -1.43. The predicted molar refractivity (Wildman–Crippen MR) is 64.5 cm³/mol. The number of alkyl halides is 3. The molecule has 6 heteroatoms. The van der Waals surface area contributed by atoms with Gasteiger partial charge in [-0.3, -0.25) is 0 Å². The third-order valence-corrected chi connectivity index (χ3v) is 2.17. The van der Waals surface area contributed by atoms with Crippen molar-refractivity contribution >= 4 is 5.69 Å². The summed E-state index contributed by atoms with van der Waals surface area (Å²) in [5.74, 6) is -0.237. The van der Waals surface area contributed by atoms with Gasteiger partial charge in [0, 0.05) is 23.8 Å². The van der Waals surface area contributed by atoms with Gasteiger partial charge in [0.05, 0.1) is 0 Å². The van der Waals surface area contributed by atoms with Crippen LogP contribution in [0.5, 0.6) is 5.75 Å². The highest BCUT2D eigenvalue weighted by molar-refractivity contribution is 5.48. The zero-order valence-corrected chi connectivity index (χ0v) is 10.3. The Labute approximate surface area is 104 Å². The quantitative estimate of drug-likeness (QED) is 0.857. The number of anilines is 1. The number of benzene rings is 1. The van der Waals surface area contributed by atoms with Crippen LogP contribution in [0.15, 0.2) is 24.3 Å². The molecule has 3 N–H and O–H groups in total. The number of nitrogens with two attached hydrogens (primary N) is 1. The molecule has 1 rings (SSSR count). The third-order valence-electron chi connectivity index (χ3n) is 2.17. The molecule has 0 aliphatic heterocycles. The van der Waals surface area contributed by atoms with E-state index in [0.29, 0.717) is 18.7 Å². The minimum absolute atomic E-state index is 0.237. The van der Waals surface area contributed by atoms with Gasteiger partial charge in [-0.2, -0.15) is 0 Å². The Bertz CT molecular complexity index is 386. The summed E-state index contributed by atoms with van der Waals surface area (Å²) in [5, 5.41) is 3.00. The maximum atomic E-state index is 12.0. The Morgan fingerprint density at radius 2 is 1.94 bits per heavy atom. The van der Waals surface area contributed by atoms with Crippen LogP contribution >= 0.6 is 0 Å². The molecule has 0 bridgehead atoms. The van der Waals surface area contributed by atoms with Gasteiger partial charge in [-0.25, -0.2) is 0 Å². The van der Waals surface area contributed by atoms with E-state index in [1.807, 2.05) is 13.8 Å². The molecule has 0 saturated carbocycles. The van der Waals surface area contributed by atoms with Gasteiger partial charge in [-0.1, -0.05) is 6.07 Å². The highest BCUT2D eigenvalue weighted by Gasteiger charge is 2.31. The average Bonchev–Trinajstić information content (AvgIpc) is 2.13. The van der Waals surface area contributed by atoms with Crippen molar-refractivity contribution < 1.29 is 17.9 Å². The van der Waals surface area contributed by atoms with E-state index in [4.69, 9.17) is 5.73 Å². The van der Waals surface area contributed by atoms with Crippen molar-refractivity contribution in [1.82, 2.24) is 0 Å². The van der Waals surface area contributed by atoms with Crippen LogP contribution in [0.2, 0.25) is 0 Å². The molecule has 0 aromatic heterocycles. The first-order chi connectivity index (χ1) is 8.16. The molecule has 0 amide bonds. The van der Waals surface area contributed by atoms with Gasteiger partial charge in [-0.15, -0.1) is 13.2 Å². The minimum atomic E-state index is -4.67. The van der Waals surface area contributed by atoms with Gasteiger partial charge in [0.25, 0.3) is 0 Å². The van der Waals surface area contributed by atoms with E-state index >= 15 is 0 Å². The number of ether oxygens (including phenoxy) is 1. The second kappa shape index (κ2) is 5.48. The van der Waals surface area contributed by atoms with E-state index < -0.39 is 6.36 Å². The summed E-state index contributed by atoms with van der Waals surface area (Å²) < 4.78 is 39.9. The fourth-order valence-corrected chi connectivity index (χ4v) is 1.33. The molecule has 102 valence electrons. The molecule has 0 saturated heterocycles. The van der Waals surface area contributed by atoms with Crippen LogP contribution in [0.3, 0.4) is 0 Å². The van der Waals surface area contributed by atoms with Gasteiger partial charge in [0.15, 0.2) is 0 Å². The smallest absolute Gasteiger partial charge is 0.406 e. The van der Waals surface area contributed by atoms with Crippen molar-refractivity contribution in [2.24, 2.45) is 5.73 Å². The number of halogens is 3. The van der Waals surface area contributed by atoms with Crippen LogP contribution in [0.25, 0.3) is 0 Å². The lowest BCUT2D eigenvalue weighted by Crippen LogP contribution is -2.34. The van der Waals surface area contributed by atoms with E-state index in [1.54, 1.807) is 6.07 Å². The zero-order chi connectivity index (χ0) is 13.8. The Kier molecular flexibility index (Phi) is 4.45. The molecule has 18 heavy (non-hydrogen) atoms. The molecule has 0 fully saturated rings. The second-order valence-corrected chi connectivity index (χ2v) is 4.74. The first kappa shape index (κ1) is 14.6. The SMILES string of the molecule is CC(C)(N)CCNc1cccc(OC(F)(F)F)c1. The highest BCUT2D eigenvalue weighted by Crippen LogP contribution is 2.25. The van der Waals surface area contributed by atoms with Gasteiger partial charge in [0.2, 0.25) is 0 Å². The van der Waals surface area contributed by atoms with Gasteiger partial charge >= 0.3 is 6.36 Å².